The zero-order valence-electron chi connectivity index (χ0n) is 15.6. The second-order valence-electron chi connectivity index (χ2n) is 6.51. The highest BCUT2D eigenvalue weighted by Crippen LogP contribution is 2.27. The van der Waals surface area contributed by atoms with Gasteiger partial charge in [-0.2, -0.15) is 5.10 Å². The number of carbonyl (C=O) groups excluding carboxylic acids is 3. The van der Waals surface area contributed by atoms with Crippen LogP contribution in [0, 0.1) is 0 Å². The summed E-state index contributed by atoms with van der Waals surface area (Å²) >= 11 is 0. The van der Waals surface area contributed by atoms with Gasteiger partial charge in [-0.05, 0) is 29.8 Å². The SMILES string of the molecule is COC(=O)c1ccc(CNc2c3c(nn2-c2ccccc2)CC(=O)NC3=O)cc1. The van der Waals surface area contributed by atoms with Crippen molar-refractivity contribution in [1.29, 1.82) is 0 Å². The number of carbonyl (C=O) groups is 3. The van der Waals surface area contributed by atoms with Crippen molar-refractivity contribution >= 4 is 23.6 Å². The summed E-state index contributed by atoms with van der Waals surface area (Å²) in [7, 11) is 1.33. The van der Waals surface area contributed by atoms with E-state index in [-0.39, 0.29) is 12.3 Å². The van der Waals surface area contributed by atoms with Crippen molar-refractivity contribution in [1.82, 2.24) is 15.1 Å². The number of nitrogens with one attached hydrogen (secondary N) is 2. The second-order valence-corrected chi connectivity index (χ2v) is 6.51. The second kappa shape index (κ2) is 7.59. The molecule has 0 atom stereocenters. The molecule has 4 rings (SSSR count). The van der Waals surface area contributed by atoms with Crippen LogP contribution in [-0.2, 0) is 22.5 Å². The number of benzene rings is 2. The van der Waals surface area contributed by atoms with Crippen LogP contribution < -0.4 is 10.6 Å². The number of fused-ring (bicyclic) bond motifs is 1. The molecule has 0 aliphatic carbocycles. The van der Waals surface area contributed by atoms with Gasteiger partial charge in [-0.15, -0.1) is 0 Å². The van der Waals surface area contributed by atoms with Crippen LogP contribution >= 0.6 is 0 Å². The fourth-order valence-electron chi connectivity index (χ4n) is 3.19. The molecule has 0 saturated heterocycles. The summed E-state index contributed by atoms with van der Waals surface area (Å²) in [6.45, 7) is 0.396. The lowest BCUT2D eigenvalue weighted by Gasteiger charge is -2.14. The molecule has 146 valence electrons. The number of hydrogen-bond donors (Lipinski definition) is 2. The Morgan fingerprint density at radius 2 is 1.86 bits per heavy atom. The molecule has 0 fully saturated rings. The molecule has 0 radical (unpaired) electrons. The van der Waals surface area contributed by atoms with E-state index in [1.165, 1.54) is 7.11 Å². The average Bonchev–Trinajstić information content (AvgIpc) is 3.11. The van der Waals surface area contributed by atoms with Crippen LogP contribution in [0.15, 0.2) is 54.6 Å². The lowest BCUT2D eigenvalue weighted by atomic mass is 10.1. The molecule has 2 aromatic carbocycles. The van der Waals surface area contributed by atoms with Crippen LogP contribution in [-0.4, -0.2) is 34.7 Å². The summed E-state index contributed by atoms with van der Waals surface area (Å²) in [5.74, 6) is -0.734. The Labute approximate surface area is 166 Å². The third kappa shape index (κ3) is 3.60. The van der Waals surface area contributed by atoms with Gasteiger partial charge in [-0.25, -0.2) is 9.48 Å². The zero-order valence-corrected chi connectivity index (χ0v) is 15.6. The molecule has 0 saturated carbocycles. The van der Waals surface area contributed by atoms with E-state index in [0.717, 1.165) is 11.3 Å². The molecule has 2 N–H and O–H groups in total. The van der Waals surface area contributed by atoms with Crippen LogP contribution in [0.25, 0.3) is 5.69 Å². The highest BCUT2D eigenvalue weighted by molar-refractivity contribution is 6.12. The van der Waals surface area contributed by atoms with Gasteiger partial charge in [0, 0.05) is 6.54 Å². The van der Waals surface area contributed by atoms with Crippen LogP contribution in [0.2, 0.25) is 0 Å². The Morgan fingerprint density at radius 1 is 1.14 bits per heavy atom. The third-order valence-electron chi connectivity index (χ3n) is 4.60. The van der Waals surface area contributed by atoms with E-state index in [0.29, 0.717) is 29.2 Å². The first-order valence-electron chi connectivity index (χ1n) is 8.99. The Morgan fingerprint density at radius 3 is 2.55 bits per heavy atom. The van der Waals surface area contributed by atoms with Crippen molar-refractivity contribution in [2.24, 2.45) is 0 Å². The number of para-hydroxylation sites is 1. The smallest absolute Gasteiger partial charge is 0.337 e. The van der Waals surface area contributed by atoms with E-state index in [1.807, 2.05) is 30.3 Å². The Hall–Kier alpha value is -3.94. The van der Waals surface area contributed by atoms with Crippen LogP contribution in [0.5, 0.6) is 0 Å². The molecule has 0 unspecified atom stereocenters. The first-order chi connectivity index (χ1) is 14.1. The highest BCUT2D eigenvalue weighted by atomic mass is 16.5. The predicted molar refractivity (Wildman–Crippen MR) is 105 cm³/mol. The monoisotopic (exact) mass is 390 g/mol. The summed E-state index contributed by atoms with van der Waals surface area (Å²) in [4.78, 5) is 35.8. The van der Waals surface area contributed by atoms with Crippen molar-refractivity contribution in [2.75, 3.05) is 12.4 Å². The van der Waals surface area contributed by atoms with E-state index in [9.17, 15) is 14.4 Å². The number of rotatable bonds is 5. The number of anilines is 1. The van der Waals surface area contributed by atoms with Crippen molar-refractivity contribution in [3.05, 3.63) is 77.0 Å². The summed E-state index contributed by atoms with van der Waals surface area (Å²) < 4.78 is 6.33. The standard InChI is InChI=1S/C21H18N4O4/c1-29-21(28)14-9-7-13(8-10-14)12-22-19-18-16(11-17(26)23-20(18)27)24-25(19)15-5-3-2-4-6-15/h2-10,22H,11-12H2,1H3,(H,23,26,27). The lowest BCUT2D eigenvalue weighted by Crippen LogP contribution is -2.37. The molecule has 1 aliphatic rings. The van der Waals surface area contributed by atoms with E-state index >= 15 is 0 Å². The summed E-state index contributed by atoms with van der Waals surface area (Å²) in [6, 6.07) is 16.3. The Bertz CT molecular complexity index is 1090. The number of methoxy groups -OCH3 is 1. The van der Waals surface area contributed by atoms with E-state index in [1.54, 1.807) is 28.9 Å². The van der Waals surface area contributed by atoms with Gasteiger partial charge >= 0.3 is 5.97 Å². The maximum atomic E-state index is 12.4. The van der Waals surface area contributed by atoms with Gasteiger partial charge < -0.3 is 10.1 Å². The van der Waals surface area contributed by atoms with Gasteiger partial charge in [0.2, 0.25) is 5.91 Å². The number of nitrogens with zero attached hydrogens (tertiary/aromatic N) is 2. The van der Waals surface area contributed by atoms with E-state index in [2.05, 4.69) is 15.7 Å². The number of hydrogen-bond acceptors (Lipinski definition) is 6. The largest absolute Gasteiger partial charge is 0.465 e. The zero-order chi connectivity index (χ0) is 20.4. The van der Waals surface area contributed by atoms with Crippen molar-refractivity contribution in [2.45, 2.75) is 13.0 Å². The summed E-state index contributed by atoms with van der Waals surface area (Å²) in [6.07, 6.45) is 0.0451. The van der Waals surface area contributed by atoms with Crippen LogP contribution in [0.4, 0.5) is 5.82 Å². The molecule has 29 heavy (non-hydrogen) atoms. The van der Waals surface area contributed by atoms with Crippen molar-refractivity contribution in [3.8, 4) is 5.69 Å². The quantitative estimate of drug-likeness (QED) is 0.511. The summed E-state index contributed by atoms with van der Waals surface area (Å²) in [5, 5.41) is 10.1. The minimum atomic E-state index is -0.470. The number of esters is 1. The number of ether oxygens (including phenoxy) is 1. The van der Waals surface area contributed by atoms with Gasteiger partial charge in [0.1, 0.15) is 11.4 Å². The van der Waals surface area contributed by atoms with Crippen LogP contribution in [0.1, 0.15) is 32.0 Å². The molecule has 1 aromatic heterocycles. The lowest BCUT2D eigenvalue weighted by molar-refractivity contribution is -0.119. The predicted octanol–water partition coefficient (Wildman–Crippen LogP) is 2.08. The maximum absolute atomic E-state index is 12.4. The Balaban J connectivity index is 1.66. The first kappa shape index (κ1) is 18.4. The molecule has 3 aromatic rings. The molecule has 0 bridgehead atoms. The minimum Gasteiger partial charge on any atom is -0.465 e. The van der Waals surface area contributed by atoms with Gasteiger partial charge in [0.15, 0.2) is 0 Å². The van der Waals surface area contributed by atoms with Gasteiger partial charge in [-0.3, -0.25) is 14.9 Å². The minimum absolute atomic E-state index is 0.0451. The molecule has 2 heterocycles. The van der Waals surface area contributed by atoms with E-state index < -0.39 is 11.9 Å². The highest BCUT2D eigenvalue weighted by Gasteiger charge is 2.31. The fourth-order valence-corrected chi connectivity index (χ4v) is 3.19. The first-order valence-corrected chi connectivity index (χ1v) is 8.99. The number of amides is 2. The summed E-state index contributed by atoms with van der Waals surface area (Å²) in [5.41, 5.74) is 2.93. The van der Waals surface area contributed by atoms with Gasteiger partial charge in [0.25, 0.3) is 5.91 Å². The number of aromatic nitrogens is 2. The maximum Gasteiger partial charge on any atom is 0.337 e. The Kier molecular flexibility index (Phi) is 4.82. The third-order valence-corrected chi connectivity index (χ3v) is 4.60. The molecular formula is C21H18N4O4. The molecule has 8 heteroatoms. The van der Waals surface area contributed by atoms with Crippen LogP contribution in [0.3, 0.4) is 0 Å². The number of imide groups is 1. The molecule has 1 aliphatic heterocycles. The normalized spacial score (nSPS) is 12.9. The fraction of sp³-hybridized carbons (Fsp3) is 0.143. The van der Waals surface area contributed by atoms with E-state index in [4.69, 9.17) is 4.74 Å². The molecule has 8 nitrogen and oxygen atoms in total. The average molecular weight is 390 g/mol. The van der Waals surface area contributed by atoms with Gasteiger partial charge in [0.05, 0.1) is 30.5 Å². The van der Waals surface area contributed by atoms with Gasteiger partial charge in [-0.1, -0.05) is 30.3 Å². The topological polar surface area (TPSA) is 102 Å². The van der Waals surface area contributed by atoms with Crippen molar-refractivity contribution in [3.63, 3.8) is 0 Å². The van der Waals surface area contributed by atoms with Crippen molar-refractivity contribution < 1.29 is 19.1 Å². The molecular weight excluding hydrogens is 372 g/mol. The molecule has 0 spiro atoms. The molecule has 2 amide bonds.